The Balaban J connectivity index is 1.77. The maximum Gasteiger partial charge on any atom is 0.122 e. The fourth-order valence-corrected chi connectivity index (χ4v) is 2.46. The average molecular weight is 293 g/mol. The summed E-state index contributed by atoms with van der Waals surface area (Å²) < 4.78 is 11.4. The van der Waals surface area contributed by atoms with Gasteiger partial charge in [-0.15, -0.1) is 11.6 Å². The number of ether oxygens (including phenoxy) is 2. The highest BCUT2D eigenvalue weighted by atomic mass is 35.5. The summed E-state index contributed by atoms with van der Waals surface area (Å²) in [4.78, 5) is 0. The molecular weight excluding hydrogens is 272 g/mol. The first-order chi connectivity index (χ1) is 9.79. The topological polar surface area (TPSA) is 18.5 Å². The average Bonchev–Trinajstić information content (AvgIpc) is 2.96. The minimum Gasteiger partial charge on any atom is -0.493 e. The molecule has 0 amide bonds. The molecule has 3 heteroatoms. The largest absolute Gasteiger partial charge is 0.493 e. The van der Waals surface area contributed by atoms with Gasteiger partial charge < -0.3 is 9.47 Å². The summed E-state index contributed by atoms with van der Waals surface area (Å²) in [6.07, 6.45) is 4.99. The molecule has 108 valence electrons. The summed E-state index contributed by atoms with van der Waals surface area (Å²) in [7, 11) is 0. The van der Waals surface area contributed by atoms with Crippen LogP contribution >= 0.6 is 11.6 Å². The molecule has 1 aromatic rings. The predicted molar refractivity (Wildman–Crippen MR) is 82.5 cm³/mol. The van der Waals surface area contributed by atoms with Gasteiger partial charge in [-0.25, -0.2) is 0 Å². The summed E-state index contributed by atoms with van der Waals surface area (Å²) in [5.41, 5.74) is 2.10. The van der Waals surface area contributed by atoms with Crippen molar-refractivity contribution in [2.24, 2.45) is 0 Å². The lowest BCUT2D eigenvalue weighted by Gasteiger charge is -2.11. The van der Waals surface area contributed by atoms with Crippen LogP contribution in [0.4, 0.5) is 0 Å². The molecule has 0 saturated carbocycles. The Morgan fingerprint density at radius 2 is 2.35 bits per heavy atom. The highest BCUT2D eigenvalue weighted by Crippen LogP contribution is 2.20. The van der Waals surface area contributed by atoms with E-state index in [1.165, 1.54) is 12.8 Å². The first kappa shape index (κ1) is 15.2. The van der Waals surface area contributed by atoms with Crippen molar-refractivity contribution < 1.29 is 9.47 Å². The summed E-state index contributed by atoms with van der Waals surface area (Å²) in [5.74, 6) is 7.17. The van der Waals surface area contributed by atoms with Crippen LogP contribution in [0.5, 0.6) is 5.75 Å². The van der Waals surface area contributed by atoms with E-state index in [-0.39, 0.29) is 0 Å². The lowest BCUT2D eigenvalue weighted by Crippen LogP contribution is -2.08. The summed E-state index contributed by atoms with van der Waals surface area (Å²) in [6, 6.07) is 6.00. The van der Waals surface area contributed by atoms with Gasteiger partial charge in [0.1, 0.15) is 5.75 Å². The van der Waals surface area contributed by atoms with E-state index in [1.807, 2.05) is 25.1 Å². The van der Waals surface area contributed by atoms with Crippen molar-refractivity contribution in [3.8, 4) is 17.6 Å². The Bertz CT molecular complexity index is 481. The van der Waals surface area contributed by atoms with Gasteiger partial charge in [0, 0.05) is 12.2 Å². The van der Waals surface area contributed by atoms with Crippen molar-refractivity contribution in [3.05, 3.63) is 29.3 Å². The third-order valence-corrected chi connectivity index (χ3v) is 3.56. The molecule has 1 atom stereocenters. The third kappa shape index (κ3) is 4.74. The molecule has 0 N–H and O–H groups in total. The number of hydrogen-bond donors (Lipinski definition) is 0. The van der Waals surface area contributed by atoms with Crippen LogP contribution in [-0.4, -0.2) is 25.2 Å². The minimum absolute atomic E-state index is 0.362. The van der Waals surface area contributed by atoms with Crippen LogP contribution in [-0.2, 0) is 4.74 Å². The number of aryl methyl sites for hydroxylation is 1. The molecule has 1 unspecified atom stereocenters. The smallest absolute Gasteiger partial charge is 0.122 e. The Morgan fingerprint density at radius 3 is 3.05 bits per heavy atom. The lowest BCUT2D eigenvalue weighted by molar-refractivity contribution is 0.0981. The Morgan fingerprint density at radius 1 is 1.45 bits per heavy atom. The molecule has 0 spiro atoms. The highest BCUT2D eigenvalue weighted by molar-refractivity contribution is 6.19. The SMILES string of the molecule is Cc1cc(C#CCCl)ccc1OCCCC1CCCO1. The number of alkyl halides is 1. The zero-order chi connectivity index (χ0) is 14.2. The van der Waals surface area contributed by atoms with Gasteiger partial charge in [0.25, 0.3) is 0 Å². The van der Waals surface area contributed by atoms with Crippen molar-refractivity contribution in [1.82, 2.24) is 0 Å². The van der Waals surface area contributed by atoms with Gasteiger partial charge in [-0.3, -0.25) is 0 Å². The number of benzene rings is 1. The molecule has 1 heterocycles. The van der Waals surface area contributed by atoms with E-state index in [1.54, 1.807) is 0 Å². The summed E-state index contributed by atoms with van der Waals surface area (Å²) in [5, 5.41) is 0. The van der Waals surface area contributed by atoms with Gasteiger partial charge in [0.2, 0.25) is 0 Å². The second kappa shape index (κ2) is 8.19. The van der Waals surface area contributed by atoms with Crippen LogP contribution in [0.25, 0.3) is 0 Å². The van der Waals surface area contributed by atoms with Crippen LogP contribution < -0.4 is 4.74 Å². The zero-order valence-corrected chi connectivity index (χ0v) is 12.7. The first-order valence-electron chi connectivity index (χ1n) is 7.19. The monoisotopic (exact) mass is 292 g/mol. The van der Waals surface area contributed by atoms with Crippen LogP contribution in [0, 0.1) is 18.8 Å². The van der Waals surface area contributed by atoms with Crippen LogP contribution in [0.3, 0.4) is 0 Å². The Hall–Kier alpha value is -1.17. The van der Waals surface area contributed by atoms with E-state index in [9.17, 15) is 0 Å². The maximum atomic E-state index is 5.83. The predicted octanol–water partition coefficient (Wildman–Crippen LogP) is 3.92. The number of halogens is 1. The van der Waals surface area contributed by atoms with Crippen molar-refractivity contribution >= 4 is 11.6 Å². The van der Waals surface area contributed by atoms with E-state index >= 15 is 0 Å². The fraction of sp³-hybridized carbons (Fsp3) is 0.529. The third-order valence-electron chi connectivity index (χ3n) is 3.43. The molecule has 2 nitrogen and oxygen atoms in total. The second-order valence-electron chi connectivity index (χ2n) is 5.04. The lowest BCUT2D eigenvalue weighted by atomic mass is 10.1. The molecule has 0 bridgehead atoms. The van der Waals surface area contributed by atoms with Crippen LogP contribution in [0.15, 0.2) is 18.2 Å². The van der Waals surface area contributed by atoms with E-state index in [2.05, 4.69) is 11.8 Å². The van der Waals surface area contributed by atoms with E-state index < -0.39 is 0 Å². The fourth-order valence-electron chi connectivity index (χ4n) is 2.39. The van der Waals surface area contributed by atoms with Gasteiger partial charge >= 0.3 is 0 Å². The normalized spacial score (nSPS) is 17.6. The summed E-state index contributed by atoms with van der Waals surface area (Å²) in [6.45, 7) is 3.71. The van der Waals surface area contributed by atoms with Crippen LogP contribution in [0.1, 0.15) is 36.8 Å². The Labute approximate surface area is 126 Å². The molecule has 2 rings (SSSR count). The first-order valence-corrected chi connectivity index (χ1v) is 7.73. The van der Waals surface area contributed by atoms with Gasteiger partial charge in [0.05, 0.1) is 18.6 Å². The second-order valence-corrected chi connectivity index (χ2v) is 5.31. The molecule has 1 aromatic carbocycles. The van der Waals surface area contributed by atoms with Crippen molar-refractivity contribution in [3.63, 3.8) is 0 Å². The molecule has 0 radical (unpaired) electrons. The van der Waals surface area contributed by atoms with Gasteiger partial charge in [-0.05, 0) is 56.4 Å². The van der Waals surface area contributed by atoms with Gasteiger partial charge in [-0.1, -0.05) is 11.8 Å². The molecule has 1 fully saturated rings. The standard InChI is InChI=1S/C17H21ClO2/c1-14-13-15(5-2-10-18)8-9-17(14)20-12-4-7-16-6-3-11-19-16/h8-9,13,16H,3-4,6-7,10-12H2,1H3. The number of rotatable bonds is 5. The molecule has 1 aliphatic rings. The Kier molecular flexibility index (Phi) is 6.24. The minimum atomic E-state index is 0.362. The molecular formula is C17H21ClO2. The van der Waals surface area contributed by atoms with E-state index in [4.69, 9.17) is 21.1 Å². The van der Waals surface area contributed by atoms with Gasteiger partial charge in [-0.2, -0.15) is 0 Å². The van der Waals surface area contributed by atoms with Crippen LogP contribution in [0.2, 0.25) is 0 Å². The molecule has 1 aliphatic heterocycles. The molecule has 1 saturated heterocycles. The highest BCUT2D eigenvalue weighted by Gasteiger charge is 2.14. The number of hydrogen-bond acceptors (Lipinski definition) is 2. The molecule has 0 aromatic heterocycles. The quantitative estimate of drug-likeness (QED) is 0.465. The van der Waals surface area contributed by atoms with E-state index in [0.717, 1.165) is 42.9 Å². The van der Waals surface area contributed by atoms with E-state index in [0.29, 0.717) is 12.0 Å². The maximum absolute atomic E-state index is 5.83. The van der Waals surface area contributed by atoms with Gasteiger partial charge in [0.15, 0.2) is 0 Å². The molecule has 0 aliphatic carbocycles. The summed E-state index contributed by atoms with van der Waals surface area (Å²) >= 11 is 5.55. The van der Waals surface area contributed by atoms with Crippen molar-refractivity contribution in [2.45, 2.75) is 38.7 Å². The van der Waals surface area contributed by atoms with Crippen molar-refractivity contribution in [2.75, 3.05) is 19.1 Å². The van der Waals surface area contributed by atoms with Crippen molar-refractivity contribution in [1.29, 1.82) is 0 Å². The molecule has 20 heavy (non-hydrogen) atoms. The zero-order valence-electron chi connectivity index (χ0n) is 12.0.